The van der Waals surface area contributed by atoms with Crippen molar-refractivity contribution in [2.75, 3.05) is 13.7 Å². The van der Waals surface area contributed by atoms with Crippen LogP contribution in [-0.4, -0.2) is 19.7 Å². The minimum atomic E-state index is -0.575. The third kappa shape index (κ3) is 7.22. The summed E-state index contributed by atoms with van der Waals surface area (Å²) < 4.78 is 28.7. The summed E-state index contributed by atoms with van der Waals surface area (Å²) in [5, 5.41) is 10.0. The van der Waals surface area contributed by atoms with Gasteiger partial charge in [0.25, 0.3) is 0 Å². The van der Waals surface area contributed by atoms with E-state index < -0.39 is 11.9 Å². The highest BCUT2D eigenvalue weighted by molar-refractivity contribution is 5.74. The molecule has 8 nitrogen and oxygen atoms in total. The molecule has 1 heterocycles. The molecule has 230 valence electrons. The van der Waals surface area contributed by atoms with Gasteiger partial charge in [-0.1, -0.05) is 74.9 Å². The fourth-order valence-corrected chi connectivity index (χ4v) is 5.02. The van der Waals surface area contributed by atoms with E-state index in [1.165, 1.54) is 11.1 Å². The molecule has 2 N–H and O–H groups in total. The third-order valence-electron chi connectivity index (χ3n) is 7.54. The Morgan fingerprint density at radius 2 is 1.62 bits per heavy atom. The lowest BCUT2D eigenvalue weighted by molar-refractivity contribution is -0.136. The number of aryl methyl sites for hydroxylation is 1. The fourth-order valence-electron chi connectivity index (χ4n) is 5.02. The van der Waals surface area contributed by atoms with Crippen LogP contribution in [0.4, 0.5) is 0 Å². The topological polar surface area (TPSA) is 113 Å². The number of hydrogen-bond donors (Lipinski definition) is 1. The zero-order chi connectivity index (χ0) is 32.1. The van der Waals surface area contributed by atoms with Gasteiger partial charge in [0.05, 0.1) is 13.0 Å². The van der Waals surface area contributed by atoms with Gasteiger partial charge < -0.3 is 29.4 Å². The van der Waals surface area contributed by atoms with Gasteiger partial charge in [0, 0.05) is 11.6 Å². The quantitative estimate of drug-likeness (QED) is 0.159. The van der Waals surface area contributed by atoms with Crippen LogP contribution in [0.1, 0.15) is 54.5 Å². The predicted octanol–water partition coefficient (Wildman–Crippen LogP) is 7.08. The van der Waals surface area contributed by atoms with E-state index in [4.69, 9.17) is 29.4 Å². The first kappa shape index (κ1) is 31.0. The van der Waals surface area contributed by atoms with Crippen molar-refractivity contribution in [2.24, 2.45) is 5.73 Å². The normalized spacial score (nSPS) is 14.1. The maximum absolute atomic E-state index is 12.6. The maximum atomic E-state index is 12.6. The number of fused-ring (bicyclic) bond motifs is 1. The summed E-state index contributed by atoms with van der Waals surface area (Å²) in [6.45, 7) is 8.54. The van der Waals surface area contributed by atoms with Crippen molar-refractivity contribution in [3.8, 4) is 34.8 Å². The van der Waals surface area contributed by atoms with Crippen LogP contribution in [-0.2, 0) is 16.8 Å². The van der Waals surface area contributed by atoms with Crippen molar-refractivity contribution < 1.29 is 28.5 Å². The number of hydrogen-bond acceptors (Lipinski definition) is 8. The Balaban J connectivity index is 1.31. The minimum absolute atomic E-state index is 0.0173. The average Bonchev–Trinajstić information content (AvgIpc) is 3.02. The van der Waals surface area contributed by atoms with Crippen LogP contribution in [0.5, 0.6) is 28.7 Å². The lowest BCUT2D eigenvalue weighted by Gasteiger charge is -2.27. The van der Waals surface area contributed by atoms with Crippen molar-refractivity contribution in [2.45, 2.75) is 45.6 Å². The molecule has 0 aliphatic carbocycles. The lowest BCUT2D eigenvalue weighted by Crippen LogP contribution is -2.22. The van der Waals surface area contributed by atoms with Gasteiger partial charge >= 0.3 is 5.97 Å². The van der Waals surface area contributed by atoms with E-state index in [1.54, 1.807) is 25.3 Å². The van der Waals surface area contributed by atoms with Crippen LogP contribution in [0.2, 0.25) is 0 Å². The number of nitrogens with two attached hydrogens (primary N) is 1. The summed E-state index contributed by atoms with van der Waals surface area (Å²) in [5.41, 5.74) is 11.3. The van der Waals surface area contributed by atoms with E-state index in [2.05, 4.69) is 26.8 Å². The molecule has 4 aromatic carbocycles. The average molecular weight is 605 g/mol. The third-order valence-corrected chi connectivity index (χ3v) is 7.54. The van der Waals surface area contributed by atoms with Gasteiger partial charge in [-0.15, -0.1) is 0 Å². The number of carbonyl (C=O) groups excluding carboxylic acids is 1. The predicted molar refractivity (Wildman–Crippen MR) is 171 cm³/mol. The van der Waals surface area contributed by atoms with Crippen molar-refractivity contribution in [3.63, 3.8) is 0 Å². The second-order valence-corrected chi connectivity index (χ2v) is 11.8. The number of nitriles is 1. The number of nitrogens with zero attached hydrogens (tertiary/aromatic N) is 1. The molecule has 0 saturated carbocycles. The number of esters is 1. The molecule has 0 saturated heterocycles. The van der Waals surface area contributed by atoms with Gasteiger partial charge in [-0.3, -0.25) is 0 Å². The Morgan fingerprint density at radius 3 is 2.29 bits per heavy atom. The fraction of sp³-hybridized carbons (Fsp3) is 0.243. The van der Waals surface area contributed by atoms with E-state index >= 15 is 0 Å². The molecule has 0 aromatic heterocycles. The molecule has 0 fully saturated rings. The van der Waals surface area contributed by atoms with Crippen LogP contribution >= 0.6 is 0 Å². The van der Waals surface area contributed by atoms with E-state index in [0.717, 1.165) is 11.1 Å². The van der Waals surface area contributed by atoms with Gasteiger partial charge in [0.15, 0.2) is 18.1 Å². The highest BCUT2D eigenvalue weighted by Gasteiger charge is 2.32. The summed E-state index contributed by atoms with van der Waals surface area (Å²) in [6.07, 6.45) is 0. The Morgan fingerprint density at radius 1 is 0.911 bits per heavy atom. The zero-order valence-corrected chi connectivity index (χ0v) is 26.0. The number of allylic oxidation sites excluding steroid dienone is 1. The molecule has 8 heteroatoms. The van der Waals surface area contributed by atoms with E-state index in [0.29, 0.717) is 35.2 Å². The number of carbonyl (C=O) groups is 1. The second kappa shape index (κ2) is 13.1. The monoisotopic (exact) mass is 604 g/mol. The SMILES string of the molecule is COc1cc(C2C(C#N)=C(N)Oc3cc(OC(=O)COc4ccc(C(C)(C)C)cc4)ccc32)ccc1OCc1ccc(C)cc1. The molecule has 0 radical (unpaired) electrons. The maximum Gasteiger partial charge on any atom is 0.349 e. The van der Waals surface area contributed by atoms with Gasteiger partial charge in [-0.2, -0.15) is 5.26 Å². The molecule has 1 unspecified atom stereocenters. The highest BCUT2D eigenvalue weighted by atomic mass is 16.6. The van der Waals surface area contributed by atoms with Gasteiger partial charge in [-0.25, -0.2) is 4.79 Å². The van der Waals surface area contributed by atoms with Gasteiger partial charge in [0.2, 0.25) is 5.88 Å². The summed E-state index contributed by atoms with van der Waals surface area (Å²) in [7, 11) is 1.57. The molecule has 0 amide bonds. The molecule has 1 atom stereocenters. The number of benzene rings is 4. The Bertz CT molecular complexity index is 1760. The number of rotatable bonds is 9. The first-order valence-electron chi connectivity index (χ1n) is 14.6. The molecule has 0 spiro atoms. The van der Waals surface area contributed by atoms with Crippen LogP contribution < -0.4 is 29.4 Å². The Hall–Kier alpha value is -5.42. The van der Waals surface area contributed by atoms with Crippen molar-refractivity contribution in [1.29, 1.82) is 5.26 Å². The molecule has 45 heavy (non-hydrogen) atoms. The number of ether oxygens (including phenoxy) is 5. The standard InChI is InChI=1S/C37H36N2O6/c1-23-6-8-24(9-7-23)21-43-31-17-10-25(18-33(31)41-5)35-29-16-15-28(19-32(29)45-36(39)30(35)20-38)44-34(40)22-42-27-13-11-26(12-14-27)37(2,3)4/h6-19,35H,21-22,39H2,1-5H3. The van der Waals surface area contributed by atoms with Crippen molar-refractivity contribution in [3.05, 3.63) is 124 Å². The Labute approximate surface area is 263 Å². The molecular formula is C37H36N2O6. The first-order chi connectivity index (χ1) is 21.5. The second-order valence-electron chi connectivity index (χ2n) is 11.8. The minimum Gasteiger partial charge on any atom is -0.493 e. The molecule has 4 aromatic rings. The van der Waals surface area contributed by atoms with Gasteiger partial charge in [0.1, 0.15) is 35.5 Å². The molecule has 0 bridgehead atoms. The zero-order valence-electron chi connectivity index (χ0n) is 26.0. The smallest absolute Gasteiger partial charge is 0.349 e. The summed E-state index contributed by atoms with van der Waals surface area (Å²) in [5.74, 6) is 1.15. The summed E-state index contributed by atoms with van der Waals surface area (Å²) in [6, 6.07) is 28.4. The first-order valence-corrected chi connectivity index (χ1v) is 14.6. The van der Waals surface area contributed by atoms with Crippen LogP contribution in [0, 0.1) is 18.3 Å². The van der Waals surface area contributed by atoms with Crippen LogP contribution in [0.3, 0.4) is 0 Å². The van der Waals surface area contributed by atoms with Crippen molar-refractivity contribution >= 4 is 5.97 Å². The lowest BCUT2D eigenvalue weighted by atomic mass is 9.83. The summed E-state index contributed by atoms with van der Waals surface area (Å²) in [4.78, 5) is 12.6. The number of methoxy groups -OCH3 is 1. The van der Waals surface area contributed by atoms with Crippen molar-refractivity contribution in [1.82, 2.24) is 0 Å². The largest absolute Gasteiger partial charge is 0.493 e. The molecule has 1 aliphatic heterocycles. The van der Waals surface area contributed by atoms with Crippen LogP contribution in [0.15, 0.2) is 96.4 Å². The van der Waals surface area contributed by atoms with E-state index in [1.807, 2.05) is 73.7 Å². The molecule has 5 rings (SSSR count). The highest BCUT2D eigenvalue weighted by Crippen LogP contribution is 2.45. The Kier molecular flexibility index (Phi) is 9.01. The van der Waals surface area contributed by atoms with E-state index in [9.17, 15) is 10.1 Å². The van der Waals surface area contributed by atoms with Gasteiger partial charge in [-0.05, 0) is 59.4 Å². The molecular weight excluding hydrogens is 568 g/mol. The summed E-state index contributed by atoms with van der Waals surface area (Å²) >= 11 is 0. The van der Waals surface area contributed by atoms with E-state index in [-0.39, 0.29) is 29.2 Å². The van der Waals surface area contributed by atoms with Crippen LogP contribution in [0.25, 0.3) is 0 Å². The molecule has 1 aliphatic rings.